The maximum Gasteiger partial charge on any atom is 0.251 e. The minimum Gasteiger partial charge on any atom is -0.398 e. The summed E-state index contributed by atoms with van der Waals surface area (Å²) in [5.74, 6) is 1.84. The van der Waals surface area contributed by atoms with Crippen molar-refractivity contribution in [1.29, 1.82) is 0 Å². The lowest BCUT2D eigenvalue weighted by molar-refractivity contribution is 0.0944. The zero-order valence-electron chi connectivity index (χ0n) is 10.00. The van der Waals surface area contributed by atoms with Gasteiger partial charge in [0.1, 0.15) is 0 Å². The highest BCUT2D eigenvalue weighted by Gasteiger charge is 2.10. The summed E-state index contributed by atoms with van der Waals surface area (Å²) in [6.07, 6.45) is 0. The Hall–Kier alpha value is -0.870. The van der Waals surface area contributed by atoms with Crippen LogP contribution in [-0.4, -0.2) is 23.5 Å². The molecule has 0 radical (unpaired) electrons. The zero-order chi connectivity index (χ0) is 12.8. The van der Waals surface area contributed by atoms with E-state index in [0.29, 0.717) is 16.3 Å². The lowest BCUT2D eigenvalue weighted by Gasteiger charge is -2.13. The minimum absolute atomic E-state index is 0.113. The summed E-state index contributed by atoms with van der Waals surface area (Å²) >= 11 is 7.60. The van der Waals surface area contributed by atoms with Crippen LogP contribution in [0.15, 0.2) is 18.2 Å². The van der Waals surface area contributed by atoms with E-state index < -0.39 is 0 Å². The van der Waals surface area contributed by atoms with Crippen molar-refractivity contribution < 1.29 is 4.79 Å². The smallest absolute Gasteiger partial charge is 0.251 e. The summed E-state index contributed by atoms with van der Waals surface area (Å²) in [7, 11) is 0. The fraction of sp³-hybridized carbons (Fsp3) is 0.417. The monoisotopic (exact) mass is 272 g/mol. The highest BCUT2D eigenvalue weighted by molar-refractivity contribution is 7.99. The lowest BCUT2D eigenvalue weighted by atomic mass is 10.2. The van der Waals surface area contributed by atoms with Gasteiger partial charge < -0.3 is 11.1 Å². The van der Waals surface area contributed by atoms with Crippen LogP contribution >= 0.6 is 23.4 Å². The highest BCUT2D eigenvalue weighted by Crippen LogP contribution is 2.19. The molecular weight excluding hydrogens is 256 g/mol. The summed E-state index contributed by atoms with van der Waals surface area (Å²) in [5.41, 5.74) is 6.62. The number of hydrogen-bond donors (Lipinski definition) is 2. The first-order chi connectivity index (χ1) is 8.04. The number of thioether (sulfide) groups is 1. The summed E-state index contributed by atoms with van der Waals surface area (Å²) in [6.45, 7) is 4.08. The van der Waals surface area contributed by atoms with Crippen LogP contribution in [0.2, 0.25) is 5.02 Å². The molecule has 1 aromatic carbocycles. The largest absolute Gasteiger partial charge is 0.398 e. The van der Waals surface area contributed by atoms with E-state index in [2.05, 4.69) is 12.2 Å². The van der Waals surface area contributed by atoms with E-state index >= 15 is 0 Å². The molecule has 0 saturated carbocycles. The topological polar surface area (TPSA) is 55.1 Å². The SMILES string of the molecule is CCSCC(C)NC(=O)c1ccc(Cl)c(N)c1. The Labute approximate surface area is 111 Å². The molecular formula is C12H17ClN2OS. The first-order valence-corrected chi connectivity index (χ1v) is 7.01. The van der Waals surface area contributed by atoms with Crippen molar-refractivity contribution in [3.05, 3.63) is 28.8 Å². The first-order valence-electron chi connectivity index (χ1n) is 5.48. The molecule has 0 aliphatic rings. The number of amides is 1. The number of halogens is 1. The van der Waals surface area contributed by atoms with Gasteiger partial charge in [-0.25, -0.2) is 0 Å². The van der Waals surface area contributed by atoms with Crippen LogP contribution in [0.1, 0.15) is 24.2 Å². The molecule has 1 aromatic rings. The predicted octanol–water partition coefficient (Wildman–Crippen LogP) is 2.79. The van der Waals surface area contributed by atoms with Crippen LogP contribution in [0.3, 0.4) is 0 Å². The molecule has 0 heterocycles. The van der Waals surface area contributed by atoms with E-state index in [9.17, 15) is 4.79 Å². The van der Waals surface area contributed by atoms with Crippen LogP contribution in [0.5, 0.6) is 0 Å². The van der Waals surface area contributed by atoms with E-state index in [1.165, 1.54) is 0 Å². The van der Waals surface area contributed by atoms with Gasteiger partial charge in [0.2, 0.25) is 0 Å². The highest BCUT2D eigenvalue weighted by atomic mass is 35.5. The normalized spacial score (nSPS) is 12.2. The molecule has 3 nitrogen and oxygen atoms in total. The second-order valence-corrected chi connectivity index (χ2v) is 5.50. The van der Waals surface area contributed by atoms with Gasteiger partial charge in [-0.1, -0.05) is 18.5 Å². The lowest BCUT2D eigenvalue weighted by Crippen LogP contribution is -2.34. The number of carbonyl (C=O) groups is 1. The molecule has 1 amide bonds. The molecule has 0 aliphatic heterocycles. The number of hydrogen-bond acceptors (Lipinski definition) is 3. The van der Waals surface area contributed by atoms with Crippen molar-refractivity contribution in [1.82, 2.24) is 5.32 Å². The number of carbonyl (C=O) groups excluding carboxylic acids is 1. The second-order valence-electron chi connectivity index (χ2n) is 3.77. The first kappa shape index (κ1) is 14.2. The van der Waals surface area contributed by atoms with Gasteiger partial charge in [0, 0.05) is 17.4 Å². The molecule has 17 heavy (non-hydrogen) atoms. The molecule has 0 aromatic heterocycles. The Bertz CT molecular complexity index is 398. The Morgan fingerprint density at radius 2 is 2.29 bits per heavy atom. The van der Waals surface area contributed by atoms with Crippen molar-refractivity contribution in [3.8, 4) is 0 Å². The van der Waals surface area contributed by atoms with Crippen LogP contribution in [0.4, 0.5) is 5.69 Å². The van der Waals surface area contributed by atoms with E-state index in [-0.39, 0.29) is 11.9 Å². The number of rotatable bonds is 5. The maximum atomic E-state index is 11.9. The van der Waals surface area contributed by atoms with Gasteiger partial charge in [-0.3, -0.25) is 4.79 Å². The molecule has 0 saturated heterocycles. The number of nitrogen functional groups attached to an aromatic ring is 1. The average Bonchev–Trinajstić information content (AvgIpc) is 2.30. The van der Waals surface area contributed by atoms with Gasteiger partial charge in [-0.2, -0.15) is 11.8 Å². The molecule has 0 aliphatic carbocycles. The Morgan fingerprint density at radius 1 is 1.59 bits per heavy atom. The fourth-order valence-corrected chi connectivity index (χ4v) is 2.12. The molecule has 0 spiro atoms. The molecule has 0 bridgehead atoms. The van der Waals surface area contributed by atoms with Crippen molar-refractivity contribution in [2.45, 2.75) is 19.9 Å². The van der Waals surface area contributed by atoms with Crippen LogP contribution in [0.25, 0.3) is 0 Å². The van der Waals surface area contributed by atoms with E-state index in [1.54, 1.807) is 30.0 Å². The standard InChI is InChI=1S/C12H17ClN2OS/c1-3-17-7-8(2)15-12(16)9-4-5-10(13)11(14)6-9/h4-6,8H,3,7,14H2,1-2H3,(H,15,16). The third kappa shape index (κ3) is 4.48. The third-order valence-corrected chi connectivity index (χ3v) is 3.70. The van der Waals surface area contributed by atoms with Gasteiger partial charge >= 0.3 is 0 Å². The summed E-state index contributed by atoms with van der Waals surface area (Å²) in [6, 6.07) is 5.05. The van der Waals surface area contributed by atoms with Crippen molar-refractivity contribution in [3.63, 3.8) is 0 Å². The fourth-order valence-electron chi connectivity index (χ4n) is 1.33. The quantitative estimate of drug-likeness (QED) is 0.811. The van der Waals surface area contributed by atoms with Gasteiger partial charge in [0.05, 0.1) is 10.7 Å². The Balaban J connectivity index is 2.60. The van der Waals surface area contributed by atoms with Gasteiger partial charge in [0.25, 0.3) is 5.91 Å². The van der Waals surface area contributed by atoms with Gasteiger partial charge in [-0.05, 0) is 30.9 Å². The Kier molecular flexibility index (Phi) is 5.65. The van der Waals surface area contributed by atoms with E-state index in [0.717, 1.165) is 11.5 Å². The number of anilines is 1. The zero-order valence-corrected chi connectivity index (χ0v) is 11.6. The van der Waals surface area contributed by atoms with Crippen LogP contribution in [-0.2, 0) is 0 Å². The maximum absolute atomic E-state index is 11.9. The molecule has 0 fully saturated rings. The molecule has 1 rings (SSSR count). The number of benzene rings is 1. The number of nitrogens with one attached hydrogen (secondary N) is 1. The van der Waals surface area contributed by atoms with E-state index in [4.69, 9.17) is 17.3 Å². The van der Waals surface area contributed by atoms with Gasteiger partial charge in [0.15, 0.2) is 0 Å². The molecule has 1 atom stereocenters. The third-order valence-electron chi connectivity index (χ3n) is 2.21. The molecule has 94 valence electrons. The van der Waals surface area contributed by atoms with E-state index in [1.807, 2.05) is 6.92 Å². The summed E-state index contributed by atoms with van der Waals surface area (Å²) in [4.78, 5) is 11.9. The summed E-state index contributed by atoms with van der Waals surface area (Å²) in [5, 5.41) is 3.39. The average molecular weight is 273 g/mol. The molecule has 5 heteroatoms. The van der Waals surface area contributed by atoms with Crippen molar-refractivity contribution >= 4 is 35.0 Å². The van der Waals surface area contributed by atoms with Crippen molar-refractivity contribution in [2.75, 3.05) is 17.2 Å². The predicted molar refractivity (Wildman–Crippen MR) is 75.8 cm³/mol. The van der Waals surface area contributed by atoms with Gasteiger partial charge in [-0.15, -0.1) is 0 Å². The van der Waals surface area contributed by atoms with Crippen LogP contribution in [0, 0.1) is 0 Å². The second kappa shape index (κ2) is 6.77. The number of nitrogens with two attached hydrogens (primary N) is 1. The van der Waals surface area contributed by atoms with Crippen molar-refractivity contribution in [2.24, 2.45) is 0 Å². The van der Waals surface area contributed by atoms with Crippen LogP contribution < -0.4 is 11.1 Å². The minimum atomic E-state index is -0.113. The molecule has 1 unspecified atom stereocenters. The molecule has 3 N–H and O–H groups in total. The summed E-state index contributed by atoms with van der Waals surface area (Å²) < 4.78 is 0. The Morgan fingerprint density at radius 3 is 2.88 bits per heavy atom.